The minimum Gasteiger partial charge on any atom is -0.497 e. The second-order valence-corrected chi connectivity index (χ2v) is 5.85. The van der Waals surface area contributed by atoms with Crippen LogP contribution in [0.25, 0.3) is 0 Å². The number of methoxy groups -OCH3 is 1. The summed E-state index contributed by atoms with van der Waals surface area (Å²) in [4.78, 5) is 16.4. The first-order valence-electron chi connectivity index (χ1n) is 7.82. The van der Waals surface area contributed by atoms with Crippen molar-refractivity contribution in [1.82, 2.24) is 0 Å². The molecule has 27 heavy (non-hydrogen) atoms. The first-order valence-corrected chi connectivity index (χ1v) is 7.82. The lowest BCUT2D eigenvalue weighted by Crippen LogP contribution is -2.45. The second kappa shape index (κ2) is 6.92. The highest BCUT2D eigenvalue weighted by Gasteiger charge is 2.60. The number of benzene rings is 2. The SMILES string of the molecule is COc1cccc(C(=O)Nc2ccc(C3=NOC(O)(C(F)(F)F)C3)cc2)c1. The zero-order valence-electron chi connectivity index (χ0n) is 14.1. The van der Waals surface area contributed by atoms with Crippen LogP contribution in [0.4, 0.5) is 18.9 Å². The fourth-order valence-electron chi connectivity index (χ4n) is 2.44. The molecule has 0 bridgehead atoms. The Hall–Kier alpha value is -3.07. The number of alkyl halides is 3. The lowest BCUT2D eigenvalue weighted by molar-refractivity contribution is -0.355. The molecule has 2 aromatic rings. The number of aliphatic hydroxyl groups is 1. The van der Waals surface area contributed by atoms with Crippen molar-refractivity contribution < 1.29 is 32.6 Å². The number of ether oxygens (including phenoxy) is 1. The van der Waals surface area contributed by atoms with Gasteiger partial charge in [0.05, 0.1) is 19.2 Å². The van der Waals surface area contributed by atoms with Crippen molar-refractivity contribution >= 4 is 17.3 Å². The molecule has 142 valence electrons. The largest absolute Gasteiger partial charge is 0.497 e. The van der Waals surface area contributed by atoms with Crippen LogP contribution in [-0.4, -0.2) is 35.8 Å². The van der Waals surface area contributed by atoms with Crippen LogP contribution in [0.1, 0.15) is 22.3 Å². The molecular formula is C18H15F3N2O4. The van der Waals surface area contributed by atoms with Gasteiger partial charge < -0.3 is 20.0 Å². The van der Waals surface area contributed by atoms with Gasteiger partial charge in [-0.15, -0.1) is 0 Å². The maximum atomic E-state index is 12.8. The number of rotatable bonds is 4. The molecule has 1 aliphatic heterocycles. The monoisotopic (exact) mass is 380 g/mol. The minimum atomic E-state index is -4.96. The van der Waals surface area contributed by atoms with Gasteiger partial charge in [0.25, 0.3) is 5.91 Å². The Balaban J connectivity index is 1.68. The maximum absolute atomic E-state index is 12.8. The summed E-state index contributed by atoms with van der Waals surface area (Å²) in [6.45, 7) is 0. The molecule has 0 saturated heterocycles. The summed E-state index contributed by atoms with van der Waals surface area (Å²) in [6, 6.07) is 12.6. The van der Waals surface area contributed by atoms with Crippen molar-refractivity contribution in [2.45, 2.75) is 18.4 Å². The molecule has 1 amide bonds. The maximum Gasteiger partial charge on any atom is 0.458 e. The van der Waals surface area contributed by atoms with Crippen LogP contribution in [0, 0.1) is 0 Å². The van der Waals surface area contributed by atoms with Gasteiger partial charge in [-0.25, -0.2) is 0 Å². The van der Waals surface area contributed by atoms with E-state index in [1.807, 2.05) is 0 Å². The Bertz CT molecular complexity index is 881. The van der Waals surface area contributed by atoms with Gasteiger partial charge in [0.15, 0.2) is 0 Å². The number of anilines is 1. The summed E-state index contributed by atoms with van der Waals surface area (Å²) < 4.78 is 43.3. The third-order valence-electron chi connectivity index (χ3n) is 3.96. The molecule has 2 N–H and O–H groups in total. The molecule has 0 saturated carbocycles. The van der Waals surface area contributed by atoms with E-state index in [0.717, 1.165) is 0 Å². The molecular weight excluding hydrogens is 365 g/mol. The van der Waals surface area contributed by atoms with Crippen molar-refractivity contribution in [1.29, 1.82) is 0 Å². The molecule has 0 spiro atoms. The molecule has 0 aliphatic carbocycles. The molecule has 2 aromatic carbocycles. The zero-order valence-corrected chi connectivity index (χ0v) is 14.1. The molecule has 3 rings (SSSR count). The van der Waals surface area contributed by atoms with E-state index >= 15 is 0 Å². The number of carbonyl (C=O) groups excluding carboxylic acids is 1. The second-order valence-electron chi connectivity index (χ2n) is 5.85. The number of amides is 1. The highest BCUT2D eigenvalue weighted by atomic mass is 19.4. The van der Waals surface area contributed by atoms with Crippen LogP contribution in [0.2, 0.25) is 0 Å². The van der Waals surface area contributed by atoms with Gasteiger partial charge in [-0.05, 0) is 35.9 Å². The summed E-state index contributed by atoms with van der Waals surface area (Å²) in [6.07, 6.45) is -5.77. The predicted octanol–water partition coefficient (Wildman–Crippen LogP) is 3.32. The average Bonchev–Trinajstić information content (AvgIpc) is 3.06. The molecule has 9 heteroatoms. The first kappa shape index (κ1) is 18.7. The van der Waals surface area contributed by atoms with Gasteiger partial charge in [-0.3, -0.25) is 4.79 Å². The van der Waals surface area contributed by atoms with E-state index in [2.05, 4.69) is 15.3 Å². The van der Waals surface area contributed by atoms with Gasteiger partial charge >= 0.3 is 12.0 Å². The quantitative estimate of drug-likeness (QED) is 0.853. The van der Waals surface area contributed by atoms with Gasteiger partial charge in [-0.1, -0.05) is 23.4 Å². The number of carbonyl (C=O) groups is 1. The smallest absolute Gasteiger partial charge is 0.458 e. The molecule has 1 atom stereocenters. The van der Waals surface area contributed by atoms with Crippen molar-refractivity contribution in [2.24, 2.45) is 5.16 Å². The van der Waals surface area contributed by atoms with Crippen LogP contribution in [0.15, 0.2) is 53.7 Å². The predicted molar refractivity (Wildman–Crippen MR) is 90.6 cm³/mol. The van der Waals surface area contributed by atoms with E-state index in [4.69, 9.17) is 4.74 Å². The Morgan fingerprint density at radius 2 is 1.96 bits per heavy atom. The van der Waals surface area contributed by atoms with Crippen LogP contribution in [0.5, 0.6) is 5.75 Å². The molecule has 1 unspecified atom stereocenters. The summed E-state index contributed by atoms with van der Waals surface area (Å²) in [5.41, 5.74) is 1.13. The van der Waals surface area contributed by atoms with E-state index in [9.17, 15) is 23.1 Å². The Morgan fingerprint density at radius 1 is 1.26 bits per heavy atom. The molecule has 6 nitrogen and oxygen atoms in total. The normalized spacial score (nSPS) is 19.2. The first-order chi connectivity index (χ1) is 12.7. The van der Waals surface area contributed by atoms with E-state index in [-0.39, 0.29) is 11.6 Å². The Morgan fingerprint density at radius 3 is 2.56 bits per heavy atom. The average molecular weight is 380 g/mol. The number of halogens is 3. The highest BCUT2D eigenvalue weighted by Crippen LogP contribution is 2.39. The number of hydrogen-bond acceptors (Lipinski definition) is 5. The zero-order chi connectivity index (χ0) is 19.7. The lowest BCUT2D eigenvalue weighted by atomic mass is 10.0. The fourth-order valence-corrected chi connectivity index (χ4v) is 2.44. The Labute approximate surface area is 152 Å². The topological polar surface area (TPSA) is 80.2 Å². The van der Waals surface area contributed by atoms with Crippen LogP contribution in [-0.2, 0) is 4.84 Å². The highest BCUT2D eigenvalue weighted by molar-refractivity contribution is 6.05. The fraction of sp³-hybridized carbons (Fsp3) is 0.222. The number of oxime groups is 1. The number of nitrogens with one attached hydrogen (secondary N) is 1. The summed E-state index contributed by atoms with van der Waals surface area (Å²) in [5.74, 6) is -3.15. The summed E-state index contributed by atoms with van der Waals surface area (Å²) in [5, 5.41) is 15.5. The van der Waals surface area contributed by atoms with Gasteiger partial charge in [0.1, 0.15) is 5.75 Å². The van der Waals surface area contributed by atoms with E-state index in [1.165, 1.54) is 31.4 Å². The summed E-state index contributed by atoms with van der Waals surface area (Å²) >= 11 is 0. The lowest BCUT2D eigenvalue weighted by Gasteiger charge is -2.22. The van der Waals surface area contributed by atoms with Gasteiger partial charge in [-0.2, -0.15) is 13.2 Å². The molecule has 1 heterocycles. The van der Waals surface area contributed by atoms with Gasteiger partial charge in [0.2, 0.25) is 0 Å². The third kappa shape index (κ3) is 3.87. The molecule has 0 fully saturated rings. The summed E-state index contributed by atoms with van der Waals surface area (Å²) in [7, 11) is 1.49. The minimum absolute atomic E-state index is 0.0412. The van der Waals surface area contributed by atoms with E-state index in [1.54, 1.807) is 24.3 Å². The van der Waals surface area contributed by atoms with Gasteiger partial charge in [0, 0.05) is 11.3 Å². The molecule has 0 aromatic heterocycles. The molecule has 1 aliphatic rings. The number of nitrogens with zero attached hydrogens (tertiary/aromatic N) is 1. The number of hydrogen-bond donors (Lipinski definition) is 2. The van der Waals surface area contributed by atoms with Crippen LogP contribution < -0.4 is 10.1 Å². The van der Waals surface area contributed by atoms with Crippen molar-refractivity contribution in [2.75, 3.05) is 12.4 Å². The molecule has 0 radical (unpaired) electrons. The van der Waals surface area contributed by atoms with Crippen LogP contribution >= 0.6 is 0 Å². The van der Waals surface area contributed by atoms with E-state index in [0.29, 0.717) is 22.6 Å². The third-order valence-corrected chi connectivity index (χ3v) is 3.96. The van der Waals surface area contributed by atoms with Crippen molar-refractivity contribution in [3.63, 3.8) is 0 Å². The van der Waals surface area contributed by atoms with Crippen LogP contribution in [0.3, 0.4) is 0 Å². The van der Waals surface area contributed by atoms with Crippen molar-refractivity contribution in [3.05, 3.63) is 59.7 Å². The standard InChI is InChI=1S/C18H15F3N2O4/c1-26-14-4-2-3-12(9-14)16(24)22-13-7-5-11(6-8-13)15-10-17(25,27-23-15)18(19,20)21/h2-9,25H,10H2,1H3,(H,22,24). The van der Waals surface area contributed by atoms with E-state index < -0.39 is 18.4 Å². The Kier molecular flexibility index (Phi) is 4.79. The van der Waals surface area contributed by atoms with Crippen molar-refractivity contribution in [3.8, 4) is 5.75 Å².